The third-order valence-corrected chi connectivity index (χ3v) is 1.51. The standard InChI is InChI=1S/C7H6Cl2N2/c1-10-11-7-3-5(8)2-6(9)4-7/h2-4,11H,1H2. The molecule has 0 aliphatic carbocycles. The molecule has 0 aliphatic rings. The van der Waals surface area contributed by atoms with Gasteiger partial charge in [-0.3, -0.25) is 5.43 Å². The van der Waals surface area contributed by atoms with Crippen LogP contribution in [0.3, 0.4) is 0 Å². The van der Waals surface area contributed by atoms with Gasteiger partial charge in [-0.2, -0.15) is 5.10 Å². The van der Waals surface area contributed by atoms with Crippen molar-refractivity contribution in [2.45, 2.75) is 0 Å². The summed E-state index contributed by atoms with van der Waals surface area (Å²) < 4.78 is 0. The number of rotatable bonds is 2. The molecule has 0 saturated carbocycles. The molecular weight excluding hydrogens is 183 g/mol. The summed E-state index contributed by atoms with van der Waals surface area (Å²) in [6, 6.07) is 5.07. The van der Waals surface area contributed by atoms with Gasteiger partial charge in [0.05, 0.1) is 5.69 Å². The summed E-state index contributed by atoms with van der Waals surface area (Å²) >= 11 is 11.4. The van der Waals surface area contributed by atoms with Crippen molar-refractivity contribution in [1.29, 1.82) is 0 Å². The van der Waals surface area contributed by atoms with Gasteiger partial charge in [0.1, 0.15) is 0 Å². The van der Waals surface area contributed by atoms with Crippen LogP contribution < -0.4 is 5.43 Å². The Morgan fingerprint density at radius 1 is 1.18 bits per heavy atom. The Balaban J connectivity index is 2.98. The van der Waals surface area contributed by atoms with E-state index < -0.39 is 0 Å². The SMILES string of the molecule is C=NNc1cc(Cl)cc(Cl)c1. The molecule has 1 N–H and O–H groups in total. The number of anilines is 1. The van der Waals surface area contributed by atoms with Gasteiger partial charge >= 0.3 is 0 Å². The van der Waals surface area contributed by atoms with Crippen molar-refractivity contribution in [2.24, 2.45) is 5.10 Å². The van der Waals surface area contributed by atoms with Crippen LogP contribution >= 0.6 is 23.2 Å². The number of nitrogens with zero attached hydrogens (tertiary/aromatic N) is 1. The third kappa shape index (κ3) is 2.41. The molecule has 0 unspecified atom stereocenters. The number of hydrogen-bond donors (Lipinski definition) is 1. The van der Waals surface area contributed by atoms with Gasteiger partial charge in [0, 0.05) is 16.8 Å². The highest BCUT2D eigenvalue weighted by atomic mass is 35.5. The Kier molecular flexibility index (Phi) is 2.74. The predicted octanol–water partition coefficient (Wildman–Crippen LogP) is 3.02. The first kappa shape index (κ1) is 8.37. The molecule has 4 heteroatoms. The zero-order valence-electron chi connectivity index (χ0n) is 5.64. The van der Waals surface area contributed by atoms with Gasteiger partial charge in [0.2, 0.25) is 0 Å². The van der Waals surface area contributed by atoms with Gasteiger partial charge < -0.3 is 0 Å². The van der Waals surface area contributed by atoms with Crippen LogP contribution in [0.25, 0.3) is 0 Å². The number of nitrogens with one attached hydrogen (secondary N) is 1. The topological polar surface area (TPSA) is 24.4 Å². The molecular formula is C7H6Cl2N2. The molecule has 11 heavy (non-hydrogen) atoms. The quantitative estimate of drug-likeness (QED) is 0.561. The normalized spacial score (nSPS) is 9.27. The lowest BCUT2D eigenvalue weighted by Crippen LogP contribution is -1.85. The second-order valence-electron chi connectivity index (χ2n) is 1.93. The molecule has 0 fully saturated rings. The Morgan fingerprint density at radius 3 is 2.18 bits per heavy atom. The molecule has 0 bridgehead atoms. The molecule has 1 aromatic carbocycles. The number of hydrazone groups is 1. The van der Waals surface area contributed by atoms with Crippen LogP contribution in [0, 0.1) is 0 Å². The smallest absolute Gasteiger partial charge is 0.0591 e. The second kappa shape index (κ2) is 3.60. The fraction of sp³-hybridized carbons (Fsp3) is 0. The summed E-state index contributed by atoms with van der Waals surface area (Å²) in [7, 11) is 0. The molecule has 0 saturated heterocycles. The highest BCUT2D eigenvalue weighted by molar-refractivity contribution is 6.35. The Morgan fingerprint density at radius 2 is 1.73 bits per heavy atom. The van der Waals surface area contributed by atoms with Crippen molar-refractivity contribution in [3.8, 4) is 0 Å². The van der Waals surface area contributed by atoms with Crippen LogP contribution in [0.2, 0.25) is 10.0 Å². The van der Waals surface area contributed by atoms with Crippen molar-refractivity contribution in [3.63, 3.8) is 0 Å². The van der Waals surface area contributed by atoms with Crippen molar-refractivity contribution in [2.75, 3.05) is 5.43 Å². The molecule has 0 spiro atoms. The van der Waals surface area contributed by atoms with Crippen LogP contribution in [0.15, 0.2) is 23.3 Å². The number of hydrogen-bond acceptors (Lipinski definition) is 2. The van der Waals surface area contributed by atoms with E-state index in [1.807, 2.05) is 0 Å². The monoisotopic (exact) mass is 188 g/mol. The molecule has 0 aliphatic heterocycles. The van der Waals surface area contributed by atoms with Gasteiger partial charge in [-0.15, -0.1) is 0 Å². The molecule has 0 radical (unpaired) electrons. The summed E-state index contributed by atoms with van der Waals surface area (Å²) in [6.45, 7) is 3.27. The van der Waals surface area contributed by atoms with Crippen LogP contribution in [-0.2, 0) is 0 Å². The van der Waals surface area contributed by atoms with E-state index in [1.165, 1.54) is 0 Å². The van der Waals surface area contributed by atoms with Crippen LogP contribution in [0.4, 0.5) is 5.69 Å². The second-order valence-corrected chi connectivity index (χ2v) is 2.80. The molecule has 0 atom stereocenters. The summed E-state index contributed by atoms with van der Waals surface area (Å²) in [4.78, 5) is 0. The fourth-order valence-corrected chi connectivity index (χ4v) is 1.24. The molecule has 1 aromatic rings. The molecule has 0 aromatic heterocycles. The van der Waals surface area contributed by atoms with E-state index >= 15 is 0 Å². The van der Waals surface area contributed by atoms with Crippen LogP contribution in [0.1, 0.15) is 0 Å². The third-order valence-electron chi connectivity index (χ3n) is 1.07. The van der Waals surface area contributed by atoms with Crippen molar-refractivity contribution in [1.82, 2.24) is 0 Å². The van der Waals surface area contributed by atoms with E-state index in [1.54, 1.807) is 18.2 Å². The zero-order chi connectivity index (χ0) is 8.27. The van der Waals surface area contributed by atoms with Crippen LogP contribution in [0.5, 0.6) is 0 Å². The Labute approximate surface area is 74.8 Å². The first-order valence-electron chi connectivity index (χ1n) is 2.90. The summed E-state index contributed by atoms with van der Waals surface area (Å²) in [5.41, 5.74) is 3.37. The summed E-state index contributed by atoms with van der Waals surface area (Å²) in [6.07, 6.45) is 0. The summed E-state index contributed by atoms with van der Waals surface area (Å²) in [5.74, 6) is 0. The average molecular weight is 189 g/mol. The maximum Gasteiger partial charge on any atom is 0.0591 e. The maximum atomic E-state index is 5.70. The van der Waals surface area contributed by atoms with Gasteiger partial charge in [0.25, 0.3) is 0 Å². The molecule has 0 heterocycles. The van der Waals surface area contributed by atoms with E-state index in [-0.39, 0.29) is 0 Å². The minimum atomic E-state index is 0.573. The Bertz CT molecular complexity index is 253. The first-order valence-corrected chi connectivity index (χ1v) is 3.66. The predicted molar refractivity (Wildman–Crippen MR) is 49.6 cm³/mol. The largest absolute Gasteiger partial charge is 0.279 e. The molecule has 58 valence electrons. The number of benzene rings is 1. The van der Waals surface area contributed by atoms with E-state index in [4.69, 9.17) is 23.2 Å². The fourth-order valence-electron chi connectivity index (χ4n) is 0.710. The van der Waals surface area contributed by atoms with E-state index in [0.29, 0.717) is 10.0 Å². The summed E-state index contributed by atoms with van der Waals surface area (Å²) in [5, 5.41) is 4.62. The lowest BCUT2D eigenvalue weighted by atomic mass is 10.3. The minimum Gasteiger partial charge on any atom is -0.279 e. The highest BCUT2D eigenvalue weighted by Crippen LogP contribution is 2.22. The van der Waals surface area contributed by atoms with Crippen molar-refractivity contribution < 1.29 is 0 Å². The Hall–Kier alpha value is -0.730. The highest BCUT2D eigenvalue weighted by Gasteiger charge is 1.95. The average Bonchev–Trinajstić information content (AvgIpc) is 1.85. The molecule has 2 nitrogen and oxygen atoms in total. The van der Waals surface area contributed by atoms with Crippen molar-refractivity contribution in [3.05, 3.63) is 28.2 Å². The van der Waals surface area contributed by atoms with E-state index in [9.17, 15) is 0 Å². The van der Waals surface area contributed by atoms with Gasteiger partial charge in [-0.25, -0.2) is 0 Å². The lowest BCUT2D eigenvalue weighted by Gasteiger charge is -1.99. The zero-order valence-corrected chi connectivity index (χ0v) is 7.15. The number of halogens is 2. The van der Waals surface area contributed by atoms with Crippen molar-refractivity contribution >= 4 is 35.6 Å². The van der Waals surface area contributed by atoms with E-state index in [0.717, 1.165) is 5.69 Å². The van der Waals surface area contributed by atoms with Crippen LogP contribution in [-0.4, -0.2) is 6.72 Å². The molecule has 1 rings (SSSR count). The van der Waals surface area contributed by atoms with Gasteiger partial charge in [-0.1, -0.05) is 23.2 Å². The maximum absolute atomic E-state index is 5.70. The van der Waals surface area contributed by atoms with Gasteiger partial charge in [0.15, 0.2) is 0 Å². The minimum absolute atomic E-state index is 0.573. The first-order chi connectivity index (χ1) is 5.22. The molecule has 0 amide bonds. The van der Waals surface area contributed by atoms with Gasteiger partial charge in [-0.05, 0) is 18.2 Å². The lowest BCUT2D eigenvalue weighted by molar-refractivity contribution is 1.37. The van der Waals surface area contributed by atoms with E-state index in [2.05, 4.69) is 17.2 Å².